The van der Waals surface area contributed by atoms with Gasteiger partial charge >= 0.3 is 0 Å². The summed E-state index contributed by atoms with van der Waals surface area (Å²) in [7, 11) is 0. The van der Waals surface area contributed by atoms with Crippen LogP contribution in [0.25, 0.3) is 0 Å². The first kappa shape index (κ1) is 14.8. The van der Waals surface area contributed by atoms with Crippen LogP contribution in [0.4, 0.5) is 0 Å². The molecule has 1 N–H and O–H groups in total. The van der Waals surface area contributed by atoms with E-state index in [1.807, 2.05) is 4.68 Å². The third-order valence-electron chi connectivity index (χ3n) is 3.46. The van der Waals surface area contributed by atoms with Gasteiger partial charge in [-0.2, -0.15) is 0 Å². The van der Waals surface area contributed by atoms with Crippen LogP contribution < -0.4 is 5.32 Å². The van der Waals surface area contributed by atoms with Crippen molar-refractivity contribution < 1.29 is 0 Å². The third kappa shape index (κ3) is 4.76. The van der Waals surface area contributed by atoms with Crippen molar-refractivity contribution in [2.24, 2.45) is 0 Å². The van der Waals surface area contributed by atoms with Crippen molar-refractivity contribution in [2.45, 2.75) is 69.6 Å². The third-order valence-corrected chi connectivity index (χ3v) is 4.48. The SMILES string of the molecule is CCCNC(CC)CCCSc1nnnn1C1CC1. The average molecular weight is 283 g/mol. The molecule has 1 fully saturated rings. The van der Waals surface area contributed by atoms with Gasteiger partial charge in [0, 0.05) is 11.8 Å². The van der Waals surface area contributed by atoms with E-state index in [-0.39, 0.29) is 0 Å². The van der Waals surface area contributed by atoms with E-state index in [4.69, 9.17) is 0 Å². The van der Waals surface area contributed by atoms with Crippen LogP contribution in [0.1, 0.15) is 58.4 Å². The van der Waals surface area contributed by atoms with E-state index in [1.165, 1.54) is 38.5 Å². The number of nitrogens with one attached hydrogen (secondary N) is 1. The Hall–Kier alpha value is -0.620. The van der Waals surface area contributed by atoms with Crippen LogP contribution in [0.15, 0.2) is 5.16 Å². The molecule has 1 heterocycles. The maximum Gasteiger partial charge on any atom is 0.209 e. The van der Waals surface area contributed by atoms with Crippen LogP contribution in [-0.2, 0) is 0 Å². The van der Waals surface area contributed by atoms with Crippen molar-refractivity contribution in [3.05, 3.63) is 0 Å². The Kier molecular flexibility index (Phi) is 6.10. The number of rotatable bonds is 10. The number of aromatic nitrogens is 4. The predicted octanol–water partition coefficient (Wildman–Crippen LogP) is 2.66. The molecule has 1 saturated carbocycles. The van der Waals surface area contributed by atoms with Gasteiger partial charge in [-0.15, -0.1) is 5.10 Å². The lowest BCUT2D eigenvalue weighted by atomic mass is 10.1. The Morgan fingerprint density at radius 2 is 2.26 bits per heavy atom. The standard InChI is InChI=1S/C13H25N5S/c1-3-9-14-11(4-2)6-5-10-19-13-15-16-17-18(13)12-7-8-12/h11-12,14H,3-10H2,1-2H3. The molecule has 0 amide bonds. The van der Waals surface area contributed by atoms with Crippen LogP contribution in [0.5, 0.6) is 0 Å². The predicted molar refractivity (Wildman–Crippen MR) is 78.4 cm³/mol. The Labute approximate surface area is 119 Å². The summed E-state index contributed by atoms with van der Waals surface area (Å²) in [5.74, 6) is 1.11. The van der Waals surface area contributed by atoms with Crippen LogP contribution in [0, 0.1) is 0 Å². The maximum absolute atomic E-state index is 4.11. The highest BCUT2D eigenvalue weighted by Crippen LogP contribution is 2.36. The fourth-order valence-corrected chi connectivity index (χ4v) is 3.03. The second kappa shape index (κ2) is 7.85. The summed E-state index contributed by atoms with van der Waals surface area (Å²) in [5.41, 5.74) is 0. The average Bonchev–Trinajstić information content (AvgIpc) is 3.17. The molecule has 0 bridgehead atoms. The molecule has 1 aromatic heterocycles. The fourth-order valence-electron chi connectivity index (χ4n) is 2.12. The summed E-state index contributed by atoms with van der Waals surface area (Å²) in [4.78, 5) is 0. The highest BCUT2D eigenvalue weighted by molar-refractivity contribution is 7.99. The minimum Gasteiger partial charge on any atom is -0.314 e. The van der Waals surface area contributed by atoms with Gasteiger partial charge in [-0.1, -0.05) is 25.6 Å². The van der Waals surface area contributed by atoms with Gasteiger partial charge in [0.15, 0.2) is 0 Å². The molecular weight excluding hydrogens is 258 g/mol. The van der Waals surface area contributed by atoms with Crippen LogP contribution in [0.2, 0.25) is 0 Å². The second-order valence-corrected chi connectivity index (χ2v) is 6.25. The van der Waals surface area contributed by atoms with Crippen LogP contribution in [0.3, 0.4) is 0 Å². The second-order valence-electron chi connectivity index (χ2n) is 5.19. The maximum atomic E-state index is 4.11. The first-order valence-corrected chi connectivity index (χ1v) is 8.47. The Bertz CT molecular complexity index is 364. The molecule has 1 aromatic rings. The number of hydrogen-bond donors (Lipinski definition) is 1. The molecule has 19 heavy (non-hydrogen) atoms. The first-order valence-electron chi connectivity index (χ1n) is 7.49. The smallest absolute Gasteiger partial charge is 0.209 e. The normalized spacial score (nSPS) is 16.7. The largest absolute Gasteiger partial charge is 0.314 e. The van der Waals surface area contributed by atoms with Gasteiger partial charge in [-0.05, 0) is 55.5 Å². The number of thioether (sulfide) groups is 1. The molecule has 5 nitrogen and oxygen atoms in total. The molecule has 1 aliphatic carbocycles. The zero-order valence-corrected chi connectivity index (χ0v) is 12.8. The summed E-state index contributed by atoms with van der Waals surface area (Å²) < 4.78 is 2.00. The van der Waals surface area contributed by atoms with Crippen molar-refractivity contribution in [2.75, 3.05) is 12.3 Å². The molecule has 0 spiro atoms. The molecule has 0 aromatic carbocycles. The van der Waals surface area contributed by atoms with Gasteiger partial charge in [-0.3, -0.25) is 0 Å². The quantitative estimate of drug-likeness (QED) is 0.528. The molecular formula is C13H25N5S. The molecule has 6 heteroatoms. The van der Waals surface area contributed by atoms with Crippen molar-refractivity contribution in [1.82, 2.24) is 25.5 Å². The van der Waals surface area contributed by atoms with E-state index in [0.29, 0.717) is 12.1 Å². The molecule has 108 valence electrons. The minimum atomic E-state index is 0.576. The number of hydrogen-bond acceptors (Lipinski definition) is 5. The van der Waals surface area contributed by atoms with Gasteiger partial charge in [0.1, 0.15) is 0 Å². The van der Waals surface area contributed by atoms with E-state index in [0.717, 1.165) is 17.5 Å². The minimum absolute atomic E-state index is 0.576. The van der Waals surface area contributed by atoms with Crippen molar-refractivity contribution in [1.29, 1.82) is 0 Å². The molecule has 2 rings (SSSR count). The fraction of sp³-hybridized carbons (Fsp3) is 0.923. The highest BCUT2D eigenvalue weighted by atomic mass is 32.2. The molecule has 0 radical (unpaired) electrons. The van der Waals surface area contributed by atoms with Gasteiger partial charge in [-0.25, -0.2) is 4.68 Å². The van der Waals surface area contributed by atoms with E-state index in [1.54, 1.807) is 11.8 Å². The summed E-state index contributed by atoms with van der Waals surface area (Å²) >= 11 is 1.80. The van der Waals surface area contributed by atoms with Crippen molar-refractivity contribution >= 4 is 11.8 Å². The zero-order chi connectivity index (χ0) is 13.5. The highest BCUT2D eigenvalue weighted by Gasteiger charge is 2.27. The summed E-state index contributed by atoms with van der Waals surface area (Å²) in [6.07, 6.45) is 7.35. The topological polar surface area (TPSA) is 55.6 Å². The molecule has 0 aliphatic heterocycles. The summed E-state index contributed by atoms with van der Waals surface area (Å²) in [6, 6.07) is 1.24. The molecule has 1 aliphatic rings. The molecule has 1 unspecified atom stereocenters. The first-order chi connectivity index (χ1) is 9.35. The van der Waals surface area contributed by atoms with Crippen LogP contribution >= 0.6 is 11.8 Å². The lowest BCUT2D eigenvalue weighted by Gasteiger charge is -2.15. The van der Waals surface area contributed by atoms with E-state index >= 15 is 0 Å². The lowest BCUT2D eigenvalue weighted by molar-refractivity contribution is 0.465. The van der Waals surface area contributed by atoms with E-state index in [9.17, 15) is 0 Å². The lowest BCUT2D eigenvalue weighted by Crippen LogP contribution is -2.29. The van der Waals surface area contributed by atoms with Gasteiger partial charge in [0.2, 0.25) is 5.16 Å². The van der Waals surface area contributed by atoms with Gasteiger partial charge in [0.25, 0.3) is 0 Å². The summed E-state index contributed by atoms with van der Waals surface area (Å²) in [5, 5.41) is 16.6. The molecule has 1 atom stereocenters. The number of nitrogens with zero attached hydrogens (tertiary/aromatic N) is 4. The van der Waals surface area contributed by atoms with Crippen molar-refractivity contribution in [3.63, 3.8) is 0 Å². The van der Waals surface area contributed by atoms with E-state index in [2.05, 4.69) is 34.7 Å². The van der Waals surface area contributed by atoms with Crippen molar-refractivity contribution in [3.8, 4) is 0 Å². The summed E-state index contributed by atoms with van der Waals surface area (Å²) in [6.45, 7) is 5.60. The van der Waals surface area contributed by atoms with Crippen LogP contribution in [-0.4, -0.2) is 38.5 Å². The number of tetrazole rings is 1. The van der Waals surface area contributed by atoms with Gasteiger partial charge in [0.05, 0.1) is 6.04 Å². The monoisotopic (exact) mass is 283 g/mol. The van der Waals surface area contributed by atoms with Gasteiger partial charge < -0.3 is 5.32 Å². The zero-order valence-electron chi connectivity index (χ0n) is 12.0. The Balaban J connectivity index is 1.64. The Morgan fingerprint density at radius 3 is 2.95 bits per heavy atom. The Morgan fingerprint density at radius 1 is 1.42 bits per heavy atom. The molecule has 0 saturated heterocycles. The van der Waals surface area contributed by atoms with E-state index < -0.39 is 0 Å².